The highest BCUT2D eigenvalue weighted by Gasteiger charge is 2.55. The molecule has 2 aliphatic heterocycles. The van der Waals surface area contributed by atoms with E-state index < -0.39 is 31.5 Å². The van der Waals surface area contributed by atoms with Crippen molar-refractivity contribution in [3.8, 4) is 23.0 Å². The second-order valence-electron chi connectivity index (χ2n) is 20.7. The van der Waals surface area contributed by atoms with Crippen molar-refractivity contribution in [1.29, 1.82) is 0 Å². The number of carbonyl (C=O) groups excluding carboxylic acids is 1. The van der Waals surface area contributed by atoms with E-state index in [1.54, 1.807) is 6.07 Å². The second-order valence-corrected chi connectivity index (χ2v) is 22.2. The van der Waals surface area contributed by atoms with Crippen LogP contribution in [0.2, 0.25) is 0 Å². The normalized spacial score (nSPS) is 14.6. The molecule has 0 amide bonds. The first-order valence-corrected chi connectivity index (χ1v) is 30.8. The number of benzene rings is 3. The Hall–Kier alpha value is -4.69. The maximum Gasteiger partial charge on any atom is 0.472 e. The number of phenolic OH excluding ortho intramolecular Hbond substituents is 2. The maximum atomic E-state index is 13.8. The van der Waals surface area contributed by atoms with Crippen molar-refractivity contribution >= 4 is 25.4 Å². The maximum absolute atomic E-state index is 13.8. The number of fused-ring (bicyclic) bond motifs is 6. The first-order chi connectivity index (χ1) is 37.5. The highest BCUT2D eigenvalue weighted by molar-refractivity contribution is 7.47. The molecule has 1 unspecified atom stereocenters. The quantitative estimate of drug-likeness (QED) is 0.0155. The molecule has 0 bridgehead atoms. The summed E-state index contributed by atoms with van der Waals surface area (Å²) in [5.41, 5.74) is -1.30. The zero-order chi connectivity index (χ0) is 55.0. The monoisotopic (exact) mass is 1090 g/mol. The van der Waals surface area contributed by atoms with E-state index in [1.165, 1.54) is 171 Å². The van der Waals surface area contributed by atoms with Crippen LogP contribution in [0.15, 0.2) is 72.8 Å². The summed E-state index contributed by atoms with van der Waals surface area (Å²) in [7, 11) is -4.59. The summed E-state index contributed by atoms with van der Waals surface area (Å²) in [4.78, 5) is 37.4. The molecular formula is C62H92NO13P. The van der Waals surface area contributed by atoms with Crippen LogP contribution in [0.3, 0.4) is 0 Å². The number of carboxylic acids is 1. The lowest BCUT2D eigenvalue weighted by molar-refractivity contribution is -0.0442. The van der Waals surface area contributed by atoms with Gasteiger partial charge in [-0.2, -0.15) is 0 Å². The molecular weight excluding hydrogens is 998 g/mol. The van der Waals surface area contributed by atoms with Gasteiger partial charge in [0.05, 0.1) is 30.9 Å². The van der Waals surface area contributed by atoms with Crippen molar-refractivity contribution in [2.24, 2.45) is 0 Å². The zero-order valence-electron chi connectivity index (χ0n) is 46.5. The third-order valence-corrected chi connectivity index (χ3v) is 15.4. The fourth-order valence-electron chi connectivity index (χ4n) is 10.1. The van der Waals surface area contributed by atoms with E-state index in [1.807, 2.05) is 0 Å². The molecule has 2 atom stereocenters. The molecule has 0 aromatic heterocycles. The number of aromatic carboxylic acids is 1. The molecule has 5 rings (SSSR count). The Morgan fingerprint density at radius 2 is 1.08 bits per heavy atom. The fraction of sp³-hybridized carbons (Fsp3) is 0.613. The number of carboxylic acid groups (broad SMARTS) is 1. The predicted octanol–water partition coefficient (Wildman–Crippen LogP) is 16.4. The smallest absolute Gasteiger partial charge is 0.472 e. The third-order valence-electron chi connectivity index (χ3n) is 14.4. The highest BCUT2D eigenvalue weighted by Crippen LogP contribution is 2.58. The van der Waals surface area contributed by atoms with Crippen LogP contribution in [0.25, 0.3) is 0 Å². The Balaban J connectivity index is 1.06. The van der Waals surface area contributed by atoms with Crippen molar-refractivity contribution in [3.05, 3.63) is 101 Å². The first kappa shape index (κ1) is 63.1. The molecule has 5 N–H and O–H groups in total. The van der Waals surface area contributed by atoms with E-state index in [-0.39, 0.29) is 71.7 Å². The Kier molecular flexibility index (Phi) is 29.3. The minimum atomic E-state index is -4.59. The van der Waals surface area contributed by atoms with Gasteiger partial charge in [-0.1, -0.05) is 160 Å². The van der Waals surface area contributed by atoms with E-state index in [0.29, 0.717) is 24.3 Å². The number of nitrogens with one attached hydrogen (secondary N) is 1. The Labute approximate surface area is 459 Å². The fourth-order valence-corrected chi connectivity index (χ4v) is 10.9. The van der Waals surface area contributed by atoms with Gasteiger partial charge >= 0.3 is 19.8 Å². The molecule has 0 aliphatic carbocycles. The lowest BCUT2D eigenvalue weighted by Crippen LogP contribution is -2.33. The van der Waals surface area contributed by atoms with Crippen LogP contribution in [0.5, 0.6) is 23.0 Å². The number of phenols is 2. The average molecular weight is 1090 g/mol. The molecule has 1 spiro atoms. The number of ether oxygens (including phenoxy) is 4. The third kappa shape index (κ3) is 21.5. The standard InChI is InChI=1S/C62H92NO13P/c1-3-5-7-9-11-13-15-17-19-21-23-25-27-29-31-33-42-71-47-51(72-43-34-32-30-28-26-24-22-20-18-16-14-12-10-8-6-4-2)48-74-77(69,70)73-44-41-63-55-40-39-54-58(59(55)60(66)67)61(68)76-62(54)52-37-35-49(64)45-56(52)75-57-46-50(65)36-38-53(57)62/h17-20,35-40,45-46,51,63-65H,3-16,21-34,41-44,47-48H2,1-2H3,(H,66,67)(H,69,70)/b19-17-,20-18-/t51-/m1/s1. The van der Waals surface area contributed by atoms with Gasteiger partial charge in [-0.25, -0.2) is 14.2 Å². The summed E-state index contributed by atoms with van der Waals surface area (Å²) in [5, 5.41) is 34.0. The molecule has 3 aromatic rings. The number of phosphoric acid groups is 1. The van der Waals surface area contributed by atoms with E-state index in [4.69, 9.17) is 28.0 Å². The van der Waals surface area contributed by atoms with Gasteiger partial charge < -0.3 is 44.5 Å². The molecule has 77 heavy (non-hydrogen) atoms. The number of anilines is 1. The Bertz CT molecular complexity index is 2260. The van der Waals surface area contributed by atoms with E-state index in [9.17, 15) is 34.4 Å². The number of hydrogen-bond acceptors (Lipinski definition) is 12. The Morgan fingerprint density at radius 3 is 1.58 bits per heavy atom. The number of rotatable bonds is 44. The van der Waals surface area contributed by atoms with Crippen molar-refractivity contribution in [3.63, 3.8) is 0 Å². The molecule has 3 aromatic carbocycles. The second kappa shape index (κ2) is 35.7. The van der Waals surface area contributed by atoms with Crippen molar-refractivity contribution in [2.75, 3.05) is 44.9 Å². The number of hydrogen-bond donors (Lipinski definition) is 5. The van der Waals surface area contributed by atoms with Crippen molar-refractivity contribution < 1.29 is 62.4 Å². The summed E-state index contributed by atoms with van der Waals surface area (Å²) in [6.45, 7) is 5.03. The van der Waals surface area contributed by atoms with Crippen LogP contribution in [0.4, 0.5) is 5.69 Å². The SMILES string of the molecule is CCCCCCCC/C=C\CCCCCCCCOC[C@H](COP(=O)(O)OCCNc1ccc2c(c1C(=O)O)C(=O)OC21c2ccc(O)cc2Oc2cc(O)ccc21)OCCCCCCCC/C=C\CCCCCCCC. The number of esters is 1. The number of phosphoric ester groups is 1. The van der Waals surface area contributed by atoms with E-state index in [2.05, 4.69) is 43.5 Å². The minimum absolute atomic E-state index is 0.0464. The van der Waals surface area contributed by atoms with Gasteiger partial charge in [-0.15, -0.1) is 0 Å². The van der Waals surface area contributed by atoms with Gasteiger partial charge in [0.1, 0.15) is 29.1 Å². The molecule has 0 saturated heterocycles. The van der Waals surface area contributed by atoms with Gasteiger partial charge in [-0.3, -0.25) is 9.05 Å². The topological polar surface area (TPSA) is 200 Å². The average Bonchev–Trinajstić information content (AvgIpc) is 3.96. The van der Waals surface area contributed by atoms with Crippen LogP contribution in [0, 0.1) is 0 Å². The molecule has 2 heterocycles. The molecule has 0 saturated carbocycles. The van der Waals surface area contributed by atoms with Crippen molar-refractivity contribution in [1.82, 2.24) is 0 Å². The minimum Gasteiger partial charge on any atom is -0.508 e. The van der Waals surface area contributed by atoms with Crippen molar-refractivity contribution in [2.45, 2.75) is 205 Å². The summed E-state index contributed by atoms with van der Waals surface area (Å²) < 4.78 is 48.2. The Morgan fingerprint density at radius 1 is 0.610 bits per heavy atom. The first-order valence-electron chi connectivity index (χ1n) is 29.3. The molecule has 2 aliphatic rings. The van der Waals surface area contributed by atoms with Crippen LogP contribution < -0.4 is 10.1 Å². The van der Waals surface area contributed by atoms with E-state index >= 15 is 0 Å². The lowest BCUT2D eigenvalue weighted by atomic mass is 9.77. The number of aromatic hydroxyl groups is 2. The van der Waals surface area contributed by atoms with Gasteiger partial charge in [0.15, 0.2) is 5.60 Å². The largest absolute Gasteiger partial charge is 0.508 e. The van der Waals surface area contributed by atoms with Crippen LogP contribution in [-0.4, -0.2) is 77.8 Å². The highest BCUT2D eigenvalue weighted by atomic mass is 31.2. The molecule has 15 heteroatoms. The number of allylic oxidation sites excluding steroid dienone is 4. The molecule has 428 valence electrons. The van der Waals surface area contributed by atoms with Gasteiger partial charge in [0.25, 0.3) is 0 Å². The molecule has 14 nitrogen and oxygen atoms in total. The molecule has 0 radical (unpaired) electrons. The summed E-state index contributed by atoms with van der Waals surface area (Å²) >= 11 is 0. The van der Waals surface area contributed by atoms with Gasteiger partial charge in [0, 0.05) is 54.3 Å². The van der Waals surface area contributed by atoms with Gasteiger partial charge in [0.2, 0.25) is 0 Å². The van der Waals surface area contributed by atoms with Crippen LogP contribution >= 0.6 is 7.82 Å². The van der Waals surface area contributed by atoms with Gasteiger partial charge in [-0.05, 0) is 94.5 Å². The van der Waals surface area contributed by atoms with E-state index in [0.717, 1.165) is 51.4 Å². The summed E-state index contributed by atoms with van der Waals surface area (Å²) in [6, 6.07) is 11.6. The number of unbranched alkanes of at least 4 members (excludes halogenated alkanes) is 24. The summed E-state index contributed by atoms with van der Waals surface area (Å²) in [5.74, 6) is -2.26. The zero-order valence-corrected chi connectivity index (χ0v) is 47.4. The predicted molar refractivity (Wildman–Crippen MR) is 305 cm³/mol. The molecule has 0 fully saturated rings. The number of carbonyl (C=O) groups is 2. The van der Waals surface area contributed by atoms with Crippen LogP contribution in [0.1, 0.15) is 231 Å². The summed E-state index contributed by atoms with van der Waals surface area (Å²) in [6.07, 6.45) is 42.8. The lowest BCUT2D eigenvalue weighted by Gasteiger charge is -2.36. The van der Waals surface area contributed by atoms with Crippen LogP contribution in [-0.2, 0) is 33.4 Å².